The van der Waals surface area contributed by atoms with Crippen LogP contribution in [0.2, 0.25) is 0 Å². The molecule has 1 saturated heterocycles. The molecule has 1 aliphatic heterocycles. The van der Waals surface area contributed by atoms with Gasteiger partial charge in [-0.1, -0.05) is 6.92 Å². The minimum Gasteiger partial charge on any atom is -0.476 e. The van der Waals surface area contributed by atoms with Crippen LogP contribution in [0, 0.1) is 0 Å². The van der Waals surface area contributed by atoms with Gasteiger partial charge in [-0.05, 0) is 37.8 Å². The predicted octanol–water partition coefficient (Wildman–Crippen LogP) is 1.42. The molecule has 0 aromatic carbocycles. The highest BCUT2D eigenvalue weighted by Crippen LogP contribution is 2.36. The summed E-state index contributed by atoms with van der Waals surface area (Å²) in [5.74, 6) is 0.526. The highest BCUT2D eigenvalue weighted by atomic mass is 16.5. The summed E-state index contributed by atoms with van der Waals surface area (Å²) in [6.07, 6.45) is 1.86. The third-order valence-corrected chi connectivity index (χ3v) is 5.34. The van der Waals surface area contributed by atoms with Crippen LogP contribution >= 0.6 is 0 Å². The molecular weight excluding hydrogens is 388 g/mol. The van der Waals surface area contributed by atoms with Crippen molar-refractivity contribution >= 4 is 12.0 Å². The molecule has 3 rings (SSSR count). The molecule has 1 saturated carbocycles. The van der Waals surface area contributed by atoms with E-state index in [4.69, 9.17) is 9.47 Å². The van der Waals surface area contributed by atoms with Crippen LogP contribution in [-0.4, -0.2) is 74.0 Å². The van der Waals surface area contributed by atoms with Gasteiger partial charge < -0.3 is 29.7 Å². The fraction of sp³-hybridized carbons (Fsp3) is 0.667. The molecule has 0 radical (unpaired) electrons. The lowest BCUT2D eigenvalue weighted by Crippen LogP contribution is -2.50. The highest BCUT2D eigenvalue weighted by Gasteiger charge is 2.40. The molecule has 1 aromatic rings. The average Bonchev–Trinajstić information content (AvgIpc) is 3.61. The average molecular weight is 421 g/mol. The van der Waals surface area contributed by atoms with Crippen molar-refractivity contribution in [1.82, 2.24) is 20.5 Å². The van der Waals surface area contributed by atoms with Crippen molar-refractivity contribution in [1.29, 1.82) is 0 Å². The van der Waals surface area contributed by atoms with E-state index in [1.807, 2.05) is 30.9 Å². The Bertz CT molecular complexity index is 734. The van der Waals surface area contributed by atoms with Crippen molar-refractivity contribution in [3.63, 3.8) is 0 Å². The van der Waals surface area contributed by atoms with Crippen LogP contribution in [0.15, 0.2) is 12.1 Å². The van der Waals surface area contributed by atoms with Crippen molar-refractivity contribution in [2.75, 3.05) is 40.0 Å². The first-order valence-corrected chi connectivity index (χ1v) is 10.6. The van der Waals surface area contributed by atoms with Gasteiger partial charge in [0.15, 0.2) is 0 Å². The number of nitrogens with zero attached hydrogens (tertiary/aromatic N) is 2. The normalized spacial score (nSPS) is 19.6. The molecule has 0 bridgehead atoms. The number of carbonyl (C=O) groups is 2. The predicted molar refractivity (Wildman–Crippen MR) is 110 cm³/mol. The minimum atomic E-state index is -0.499. The number of aryl methyl sites for hydroxylation is 1. The van der Waals surface area contributed by atoms with Gasteiger partial charge in [-0.3, -0.25) is 4.79 Å². The monoisotopic (exact) mass is 420 g/mol. The first kappa shape index (κ1) is 22.3. The fourth-order valence-corrected chi connectivity index (χ4v) is 3.55. The molecule has 30 heavy (non-hydrogen) atoms. The van der Waals surface area contributed by atoms with E-state index in [1.165, 1.54) is 7.11 Å². The number of hydrogen-bond acceptors (Lipinski definition) is 7. The Hall–Kier alpha value is -2.39. The summed E-state index contributed by atoms with van der Waals surface area (Å²) in [4.78, 5) is 30.8. The van der Waals surface area contributed by atoms with E-state index in [-0.39, 0.29) is 24.6 Å². The Balaban J connectivity index is 1.71. The summed E-state index contributed by atoms with van der Waals surface area (Å²) in [5, 5.41) is 5.81. The van der Waals surface area contributed by atoms with Gasteiger partial charge in [-0.25, -0.2) is 9.78 Å². The van der Waals surface area contributed by atoms with Gasteiger partial charge in [-0.15, -0.1) is 0 Å². The SMILES string of the molecule is CCc1cc([C@@H](C)N(C(=O)[C@H]2CNCCO2)C2CC2)cc(OCCNC(=O)OC)n1. The number of morpholine rings is 1. The summed E-state index contributed by atoms with van der Waals surface area (Å²) in [6, 6.07) is 4.06. The number of hydrogen-bond donors (Lipinski definition) is 2. The molecule has 2 atom stereocenters. The Labute approximate surface area is 177 Å². The van der Waals surface area contributed by atoms with E-state index in [2.05, 4.69) is 20.4 Å². The van der Waals surface area contributed by atoms with Crippen molar-refractivity contribution in [3.05, 3.63) is 23.4 Å². The second kappa shape index (κ2) is 10.6. The van der Waals surface area contributed by atoms with Crippen LogP contribution in [0.3, 0.4) is 0 Å². The number of amides is 2. The molecule has 0 spiro atoms. The maximum absolute atomic E-state index is 13.2. The van der Waals surface area contributed by atoms with E-state index in [0.717, 1.165) is 37.1 Å². The Morgan fingerprint density at radius 3 is 2.83 bits per heavy atom. The Morgan fingerprint density at radius 1 is 1.40 bits per heavy atom. The second-order valence-electron chi connectivity index (χ2n) is 7.57. The lowest BCUT2D eigenvalue weighted by Gasteiger charge is -2.34. The van der Waals surface area contributed by atoms with Crippen molar-refractivity contribution in [3.8, 4) is 5.88 Å². The highest BCUT2D eigenvalue weighted by molar-refractivity contribution is 5.82. The van der Waals surface area contributed by atoms with Gasteiger partial charge in [0, 0.05) is 30.9 Å². The number of alkyl carbamates (subject to hydrolysis) is 1. The third kappa shape index (κ3) is 5.82. The van der Waals surface area contributed by atoms with E-state index in [9.17, 15) is 9.59 Å². The van der Waals surface area contributed by atoms with Crippen molar-refractivity contribution < 1.29 is 23.8 Å². The maximum atomic E-state index is 13.2. The van der Waals surface area contributed by atoms with Crippen LogP contribution in [0.1, 0.15) is 44.0 Å². The van der Waals surface area contributed by atoms with Crippen molar-refractivity contribution in [2.24, 2.45) is 0 Å². The first-order valence-electron chi connectivity index (χ1n) is 10.6. The molecule has 2 N–H and O–H groups in total. The molecule has 166 valence electrons. The standard InChI is InChI=1S/C21H32N4O5/c1-4-16-11-15(12-19(24-16)30-10-8-23-21(27)28-3)14(2)25(17-5-6-17)20(26)18-13-22-7-9-29-18/h11-12,14,17-18,22H,4-10,13H2,1-3H3,(H,23,27)/t14-,18-/m1/s1. The Morgan fingerprint density at radius 2 is 2.20 bits per heavy atom. The van der Waals surface area contributed by atoms with Crippen LogP contribution in [-0.2, 0) is 20.7 Å². The van der Waals surface area contributed by atoms with Gasteiger partial charge in [-0.2, -0.15) is 0 Å². The molecule has 0 unspecified atom stereocenters. The minimum absolute atomic E-state index is 0.0387. The smallest absolute Gasteiger partial charge is 0.406 e. The summed E-state index contributed by atoms with van der Waals surface area (Å²) in [6.45, 7) is 6.54. The molecule has 9 nitrogen and oxygen atoms in total. The molecule has 1 aliphatic carbocycles. The molecule has 2 heterocycles. The lowest BCUT2D eigenvalue weighted by atomic mass is 10.0. The first-order chi connectivity index (χ1) is 14.5. The summed E-state index contributed by atoms with van der Waals surface area (Å²) in [5.41, 5.74) is 1.89. The Kier molecular flexibility index (Phi) is 7.87. The number of ether oxygens (including phenoxy) is 3. The number of aromatic nitrogens is 1. The van der Waals surface area contributed by atoms with Gasteiger partial charge in [0.25, 0.3) is 5.91 Å². The lowest BCUT2D eigenvalue weighted by molar-refractivity contribution is -0.148. The molecule has 9 heteroatoms. The topological polar surface area (TPSA) is 102 Å². The molecule has 2 amide bonds. The number of methoxy groups -OCH3 is 1. The maximum Gasteiger partial charge on any atom is 0.406 e. The zero-order chi connectivity index (χ0) is 21.5. The summed E-state index contributed by atoms with van der Waals surface area (Å²) in [7, 11) is 1.32. The van der Waals surface area contributed by atoms with E-state index < -0.39 is 12.2 Å². The molecular formula is C21H32N4O5. The van der Waals surface area contributed by atoms with Crippen LogP contribution in [0.4, 0.5) is 4.79 Å². The summed E-state index contributed by atoms with van der Waals surface area (Å²) >= 11 is 0. The van der Waals surface area contributed by atoms with E-state index in [1.54, 1.807) is 0 Å². The van der Waals surface area contributed by atoms with Gasteiger partial charge in [0.05, 0.1) is 26.3 Å². The fourth-order valence-electron chi connectivity index (χ4n) is 3.55. The van der Waals surface area contributed by atoms with Gasteiger partial charge >= 0.3 is 6.09 Å². The quantitative estimate of drug-likeness (QED) is 0.583. The number of nitrogens with one attached hydrogen (secondary N) is 2. The second-order valence-corrected chi connectivity index (χ2v) is 7.57. The zero-order valence-corrected chi connectivity index (χ0v) is 18.0. The van der Waals surface area contributed by atoms with Crippen molar-refractivity contribution in [2.45, 2.75) is 51.3 Å². The number of rotatable bonds is 9. The largest absolute Gasteiger partial charge is 0.476 e. The number of carbonyl (C=O) groups excluding carboxylic acids is 2. The zero-order valence-electron chi connectivity index (χ0n) is 18.0. The molecule has 2 fully saturated rings. The summed E-state index contributed by atoms with van der Waals surface area (Å²) < 4.78 is 16.0. The van der Waals surface area contributed by atoms with Gasteiger partial charge in [0.1, 0.15) is 12.7 Å². The molecule has 2 aliphatic rings. The van der Waals surface area contributed by atoms with Crippen LogP contribution in [0.25, 0.3) is 0 Å². The van der Waals surface area contributed by atoms with E-state index >= 15 is 0 Å². The number of pyridine rings is 1. The van der Waals surface area contributed by atoms with Crippen LogP contribution < -0.4 is 15.4 Å². The van der Waals surface area contributed by atoms with E-state index in [0.29, 0.717) is 25.6 Å². The third-order valence-electron chi connectivity index (χ3n) is 5.34. The van der Waals surface area contributed by atoms with Crippen LogP contribution in [0.5, 0.6) is 5.88 Å². The van der Waals surface area contributed by atoms with Gasteiger partial charge in [0.2, 0.25) is 5.88 Å². The molecule has 1 aromatic heterocycles.